The van der Waals surface area contributed by atoms with Gasteiger partial charge in [0, 0.05) is 22.9 Å². The molecule has 0 aliphatic rings. The van der Waals surface area contributed by atoms with Crippen molar-refractivity contribution < 1.29 is 76.4 Å². The molecule has 0 aromatic heterocycles. The lowest BCUT2D eigenvalue weighted by molar-refractivity contribution is -0.162. The minimum Gasteiger partial charge on any atom is -0.481 e. The highest BCUT2D eigenvalue weighted by Crippen LogP contribution is 2.43. The SMILES string of the molecule is CC(=O)OC[C@H](COP(=O)(O)OCC(COC(=O)CCC(=O)O)OC(=O)CCC(=O)O)OC(=O)Br. The third kappa shape index (κ3) is 19.4. The van der Waals surface area contributed by atoms with Crippen molar-refractivity contribution in [3.63, 3.8) is 0 Å². The molecule has 0 aliphatic heterocycles. The number of phosphoric acid groups is 1. The van der Waals surface area contributed by atoms with Crippen molar-refractivity contribution in [1.82, 2.24) is 0 Å². The molecule has 0 heterocycles. The average Bonchev–Trinajstić information content (AvgIpc) is 2.74. The van der Waals surface area contributed by atoms with Crippen molar-refractivity contribution in [3.8, 4) is 0 Å². The normalized spacial score (nSPS) is 14.0. The minimum atomic E-state index is -4.89. The smallest absolute Gasteiger partial charge is 0.472 e. The Morgan fingerprint density at radius 3 is 1.66 bits per heavy atom. The Kier molecular flexibility index (Phi) is 15.7. The summed E-state index contributed by atoms with van der Waals surface area (Å²) in [5.74, 6) is -5.32. The third-order valence-corrected chi connectivity index (χ3v) is 4.53. The number of ether oxygens (including phenoxy) is 4. The molecule has 0 amide bonds. The fourth-order valence-corrected chi connectivity index (χ4v) is 2.93. The first-order valence-corrected chi connectivity index (χ1v) is 11.9. The zero-order valence-corrected chi connectivity index (χ0v) is 20.8. The van der Waals surface area contributed by atoms with Crippen molar-refractivity contribution in [3.05, 3.63) is 0 Å². The van der Waals surface area contributed by atoms with Gasteiger partial charge in [0.15, 0.2) is 12.2 Å². The van der Waals surface area contributed by atoms with E-state index in [1.807, 2.05) is 0 Å². The van der Waals surface area contributed by atoms with Gasteiger partial charge in [0.25, 0.3) is 0 Å². The molecule has 0 aromatic rings. The Labute approximate surface area is 206 Å². The quantitative estimate of drug-likeness (QED) is 0.0858. The van der Waals surface area contributed by atoms with Crippen LogP contribution >= 0.6 is 23.8 Å². The summed E-state index contributed by atoms with van der Waals surface area (Å²) in [6.07, 6.45) is -4.98. The molecule has 0 aliphatic carbocycles. The molecule has 0 aromatic carbocycles. The van der Waals surface area contributed by atoms with Gasteiger partial charge in [0.1, 0.15) is 13.2 Å². The van der Waals surface area contributed by atoms with E-state index in [2.05, 4.69) is 29.7 Å². The summed E-state index contributed by atoms with van der Waals surface area (Å²) in [5, 5.41) is 17.2. The summed E-state index contributed by atoms with van der Waals surface area (Å²) in [6, 6.07) is 0. The third-order valence-electron chi connectivity index (χ3n) is 3.39. The number of hydrogen-bond acceptors (Lipinski definition) is 13. The van der Waals surface area contributed by atoms with Crippen molar-refractivity contribution in [2.45, 2.75) is 44.8 Å². The van der Waals surface area contributed by atoms with Crippen LogP contribution in [0.1, 0.15) is 32.6 Å². The average molecular weight is 595 g/mol. The largest absolute Gasteiger partial charge is 0.481 e. The summed E-state index contributed by atoms with van der Waals surface area (Å²) in [5.41, 5.74) is 0. The molecule has 35 heavy (non-hydrogen) atoms. The van der Waals surface area contributed by atoms with Crippen LogP contribution in [0.4, 0.5) is 4.79 Å². The lowest BCUT2D eigenvalue weighted by atomic mass is 10.3. The summed E-state index contributed by atoms with van der Waals surface area (Å²) < 4.78 is 40.4. The van der Waals surface area contributed by atoms with Crippen LogP contribution in [0.15, 0.2) is 0 Å². The Morgan fingerprint density at radius 1 is 0.743 bits per heavy atom. The van der Waals surface area contributed by atoms with E-state index >= 15 is 0 Å². The first-order valence-electron chi connectivity index (χ1n) is 9.60. The van der Waals surface area contributed by atoms with E-state index in [1.165, 1.54) is 0 Å². The molecule has 0 rings (SSSR count). The Hall–Kier alpha value is -2.59. The second-order valence-electron chi connectivity index (χ2n) is 6.42. The van der Waals surface area contributed by atoms with Crippen LogP contribution in [-0.4, -0.2) is 88.5 Å². The summed E-state index contributed by atoms with van der Waals surface area (Å²) in [4.78, 5) is 75.2. The van der Waals surface area contributed by atoms with Gasteiger partial charge in [-0.15, -0.1) is 0 Å². The molecule has 3 atom stereocenters. The summed E-state index contributed by atoms with van der Waals surface area (Å²) >= 11 is 2.47. The number of phosphoric ester groups is 1. The Morgan fingerprint density at radius 2 is 1.20 bits per heavy atom. The van der Waals surface area contributed by atoms with E-state index in [9.17, 15) is 38.2 Å². The van der Waals surface area contributed by atoms with Crippen molar-refractivity contribution in [1.29, 1.82) is 0 Å². The Bertz CT molecular complexity index is 814. The van der Waals surface area contributed by atoms with E-state index in [-0.39, 0.29) is 0 Å². The second kappa shape index (κ2) is 16.9. The standard InChI is InChI=1S/C17H24BrO16P/c1-10(19)29-6-12(34-17(18)26)9-32-35(27,28)31-8-11(33-16(25)5-3-14(22)23)7-30-15(24)4-2-13(20)21/h11-12H,2-9H2,1H3,(H,20,21)(H,22,23)(H,27,28)/t11?,12-/m1/s1. The van der Waals surface area contributed by atoms with E-state index < -0.39 is 107 Å². The second-order valence-corrected chi connectivity index (χ2v) is 8.52. The van der Waals surface area contributed by atoms with E-state index in [0.29, 0.717) is 0 Å². The maximum absolute atomic E-state index is 12.1. The first-order chi connectivity index (χ1) is 16.2. The first kappa shape index (κ1) is 32.4. The molecule has 0 fully saturated rings. The molecular weight excluding hydrogens is 571 g/mol. The molecule has 0 spiro atoms. The van der Waals surface area contributed by atoms with Gasteiger partial charge in [-0.3, -0.25) is 33.0 Å². The number of carboxylic acids is 2. The number of rotatable bonds is 18. The van der Waals surface area contributed by atoms with Crippen molar-refractivity contribution in [2.24, 2.45) is 0 Å². The molecule has 3 N–H and O–H groups in total. The summed E-state index contributed by atoms with van der Waals surface area (Å²) in [6.45, 7) is -1.78. The van der Waals surface area contributed by atoms with Crippen LogP contribution in [0.5, 0.6) is 0 Å². The number of esters is 3. The van der Waals surface area contributed by atoms with Gasteiger partial charge in [-0.05, 0) is 0 Å². The number of carboxylic acid groups (broad SMARTS) is 2. The fraction of sp³-hybridized carbons (Fsp3) is 0.647. The van der Waals surface area contributed by atoms with Crippen molar-refractivity contribution in [2.75, 3.05) is 26.4 Å². The van der Waals surface area contributed by atoms with Gasteiger partial charge in [0.05, 0.1) is 38.9 Å². The zero-order valence-electron chi connectivity index (χ0n) is 18.3. The van der Waals surface area contributed by atoms with Gasteiger partial charge in [-0.1, -0.05) is 0 Å². The molecule has 18 heteroatoms. The molecule has 16 nitrogen and oxygen atoms in total. The van der Waals surface area contributed by atoms with Crippen LogP contribution in [0.2, 0.25) is 0 Å². The van der Waals surface area contributed by atoms with Gasteiger partial charge in [-0.2, -0.15) is 0 Å². The van der Waals surface area contributed by atoms with Crippen LogP contribution in [0, 0.1) is 0 Å². The summed E-state index contributed by atoms with van der Waals surface area (Å²) in [7, 11) is -4.89. The number of hydrogen-bond donors (Lipinski definition) is 3. The predicted molar refractivity (Wildman–Crippen MR) is 112 cm³/mol. The molecule has 0 saturated carbocycles. The van der Waals surface area contributed by atoms with E-state index in [4.69, 9.17) is 24.4 Å². The number of carbonyl (C=O) groups is 6. The van der Waals surface area contributed by atoms with E-state index in [0.717, 1.165) is 6.92 Å². The zero-order chi connectivity index (χ0) is 27.0. The topological polar surface area (TPSA) is 236 Å². The molecule has 200 valence electrons. The van der Waals surface area contributed by atoms with Crippen LogP contribution < -0.4 is 0 Å². The van der Waals surface area contributed by atoms with Gasteiger partial charge < -0.3 is 34.1 Å². The Balaban J connectivity index is 4.98. The van der Waals surface area contributed by atoms with Gasteiger partial charge in [-0.25, -0.2) is 9.36 Å². The number of aliphatic carboxylic acids is 2. The fourth-order valence-electron chi connectivity index (χ4n) is 1.89. The maximum Gasteiger partial charge on any atom is 0.472 e. The highest BCUT2D eigenvalue weighted by molar-refractivity contribution is 9.18. The minimum absolute atomic E-state index is 0.506. The lowest BCUT2D eigenvalue weighted by Crippen LogP contribution is -2.30. The monoisotopic (exact) mass is 594 g/mol. The number of carbonyl (C=O) groups excluding carboxylic acids is 4. The van der Waals surface area contributed by atoms with Gasteiger partial charge >= 0.3 is 42.5 Å². The van der Waals surface area contributed by atoms with Crippen molar-refractivity contribution >= 4 is 58.5 Å². The predicted octanol–water partition coefficient (Wildman–Crippen LogP) is 0.768. The lowest BCUT2D eigenvalue weighted by Gasteiger charge is -2.21. The molecular formula is C17H24BrO16P. The highest BCUT2D eigenvalue weighted by atomic mass is 79.9. The molecule has 0 bridgehead atoms. The van der Waals surface area contributed by atoms with Crippen LogP contribution in [-0.2, 0) is 56.5 Å². The molecule has 0 saturated heterocycles. The number of halogens is 1. The highest BCUT2D eigenvalue weighted by Gasteiger charge is 2.28. The van der Waals surface area contributed by atoms with Crippen LogP contribution in [0.3, 0.4) is 0 Å². The van der Waals surface area contributed by atoms with Crippen LogP contribution in [0.25, 0.3) is 0 Å². The molecule has 2 unspecified atom stereocenters. The van der Waals surface area contributed by atoms with Gasteiger partial charge in [0.2, 0.25) is 0 Å². The van der Waals surface area contributed by atoms with E-state index in [1.54, 1.807) is 0 Å². The molecule has 0 radical (unpaired) electrons. The maximum atomic E-state index is 12.1.